The van der Waals surface area contributed by atoms with Gasteiger partial charge in [-0.25, -0.2) is 13.4 Å². The van der Waals surface area contributed by atoms with Crippen molar-refractivity contribution in [3.8, 4) is 11.3 Å². The fourth-order valence-corrected chi connectivity index (χ4v) is 5.61. The van der Waals surface area contributed by atoms with Crippen molar-refractivity contribution in [2.24, 2.45) is 0 Å². The Bertz CT molecular complexity index is 1170. The molecule has 2 heterocycles. The lowest BCUT2D eigenvalue weighted by Crippen LogP contribution is -2.32. The first kappa shape index (κ1) is 23.2. The van der Waals surface area contributed by atoms with E-state index >= 15 is 0 Å². The van der Waals surface area contributed by atoms with E-state index in [-0.39, 0.29) is 16.8 Å². The van der Waals surface area contributed by atoms with Crippen molar-refractivity contribution in [1.29, 1.82) is 0 Å². The highest BCUT2D eigenvalue weighted by Crippen LogP contribution is 2.23. The Morgan fingerprint density at radius 2 is 1.70 bits per heavy atom. The van der Waals surface area contributed by atoms with Gasteiger partial charge in [-0.2, -0.15) is 4.31 Å². The molecule has 0 bridgehead atoms. The number of imidazole rings is 1. The summed E-state index contributed by atoms with van der Waals surface area (Å²) < 4.78 is 27.5. The van der Waals surface area contributed by atoms with E-state index in [1.165, 1.54) is 12.1 Å². The van der Waals surface area contributed by atoms with Crippen LogP contribution >= 0.6 is 0 Å². The Balaban J connectivity index is 1.45. The highest BCUT2D eigenvalue weighted by molar-refractivity contribution is 7.89. The number of H-pyrrole nitrogens is 1. The van der Waals surface area contributed by atoms with Crippen molar-refractivity contribution < 1.29 is 13.2 Å². The zero-order valence-electron chi connectivity index (χ0n) is 18.8. The van der Waals surface area contributed by atoms with Gasteiger partial charge in [0.25, 0.3) is 5.91 Å². The highest BCUT2D eigenvalue weighted by Gasteiger charge is 2.25. The van der Waals surface area contributed by atoms with Crippen LogP contribution in [-0.4, -0.2) is 41.7 Å². The minimum atomic E-state index is -3.54. The summed E-state index contributed by atoms with van der Waals surface area (Å²) in [5.41, 5.74) is 2.33. The van der Waals surface area contributed by atoms with Crippen LogP contribution in [0.4, 0.5) is 0 Å². The summed E-state index contributed by atoms with van der Waals surface area (Å²) in [6.07, 6.45) is 6.32. The molecular formula is C25H30N4O3S. The lowest BCUT2D eigenvalue weighted by Gasteiger charge is -2.20. The summed E-state index contributed by atoms with van der Waals surface area (Å²) in [7, 11) is -3.54. The van der Waals surface area contributed by atoms with Crippen molar-refractivity contribution in [1.82, 2.24) is 19.6 Å². The standard InChI is InChI=1S/C25H30N4O3S/c1-2-22(24-26-18-23(27-24)19-10-6-5-7-11-19)28-25(30)20-12-14-21(15-13-20)33(31,32)29-16-8-3-4-9-17-29/h5-7,10-15,18,22H,2-4,8-9,16-17H2,1H3,(H,26,27)(H,28,30). The van der Waals surface area contributed by atoms with Crippen molar-refractivity contribution in [2.75, 3.05) is 13.1 Å². The number of carbonyl (C=O) groups is 1. The van der Waals surface area contributed by atoms with Gasteiger partial charge in [-0.1, -0.05) is 50.1 Å². The second kappa shape index (κ2) is 10.3. The van der Waals surface area contributed by atoms with Crippen LogP contribution in [0.15, 0.2) is 65.7 Å². The van der Waals surface area contributed by atoms with Crippen LogP contribution in [0.25, 0.3) is 11.3 Å². The molecule has 1 aliphatic heterocycles. The third-order valence-corrected chi connectivity index (χ3v) is 7.96. The maximum atomic E-state index is 13.0. The summed E-state index contributed by atoms with van der Waals surface area (Å²) in [5, 5.41) is 3.00. The molecule has 1 aliphatic rings. The van der Waals surface area contributed by atoms with Crippen LogP contribution in [0, 0.1) is 0 Å². The molecule has 1 unspecified atom stereocenters. The van der Waals surface area contributed by atoms with E-state index < -0.39 is 10.0 Å². The van der Waals surface area contributed by atoms with Gasteiger partial charge in [-0.3, -0.25) is 4.79 Å². The average Bonchev–Trinajstić information content (AvgIpc) is 3.17. The summed E-state index contributed by atoms with van der Waals surface area (Å²) >= 11 is 0. The predicted molar refractivity (Wildman–Crippen MR) is 128 cm³/mol. The zero-order chi connectivity index (χ0) is 23.3. The lowest BCUT2D eigenvalue weighted by atomic mass is 10.1. The Morgan fingerprint density at radius 3 is 2.33 bits per heavy atom. The maximum Gasteiger partial charge on any atom is 0.251 e. The predicted octanol–water partition coefficient (Wildman–Crippen LogP) is 4.52. The number of carbonyl (C=O) groups excluding carboxylic acids is 1. The Kier molecular flexibility index (Phi) is 7.25. The number of aromatic amines is 1. The normalized spacial score (nSPS) is 16.2. The molecule has 4 rings (SSSR count). The molecule has 1 saturated heterocycles. The first-order chi connectivity index (χ1) is 16.0. The first-order valence-electron chi connectivity index (χ1n) is 11.5. The van der Waals surface area contributed by atoms with E-state index in [9.17, 15) is 13.2 Å². The molecular weight excluding hydrogens is 436 g/mol. The number of rotatable bonds is 7. The van der Waals surface area contributed by atoms with Gasteiger partial charge in [0.1, 0.15) is 5.82 Å². The molecule has 0 saturated carbocycles. The number of nitrogens with one attached hydrogen (secondary N) is 2. The average molecular weight is 467 g/mol. The molecule has 2 aromatic carbocycles. The Hall–Kier alpha value is -2.97. The number of nitrogens with zero attached hydrogens (tertiary/aromatic N) is 2. The van der Waals surface area contributed by atoms with Crippen LogP contribution in [0.5, 0.6) is 0 Å². The van der Waals surface area contributed by atoms with Gasteiger partial charge in [-0.05, 0) is 49.1 Å². The van der Waals surface area contributed by atoms with Gasteiger partial charge in [0.05, 0.1) is 22.8 Å². The second-order valence-corrected chi connectivity index (χ2v) is 10.3. The third kappa shape index (κ3) is 5.34. The highest BCUT2D eigenvalue weighted by atomic mass is 32.2. The fourth-order valence-electron chi connectivity index (χ4n) is 4.09. The second-order valence-electron chi connectivity index (χ2n) is 8.33. The molecule has 3 aromatic rings. The molecule has 7 nitrogen and oxygen atoms in total. The number of aromatic nitrogens is 2. The van der Waals surface area contributed by atoms with Crippen LogP contribution in [0.1, 0.15) is 61.3 Å². The minimum absolute atomic E-state index is 0.228. The van der Waals surface area contributed by atoms with E-state index in [4.69, 9.17) is 0 Å². The summed E-state index contributed by atoms with van der Waals surface area (Å²) in [6.45, 7) is 3.08. The quantitative estimate of drug-likeness (QED) is 0.535. The van der Waals surface area contributed by atoms with Crippen LogP contribution in [-0.2, 0) is 10.0 Å². The lowest BCUT2D eigenvalue weighted by molar-refractivity contribution is 0.0933. The number of sulfonamides is 1. The summed E-state index contributed by atoms with van der Waals surface area (Å²) in [4.78, 5) is 20.8. The van der Waals surface area contributed by atoms with Crippen molar-refractivity contribution in [2.45, 2.75) is 50.0 Å². The molecule has 8 heteroatoms. The van der Waals surface area contributed by atoms with E-state index in [1.807, 2.05) is 37.3 Å². The zero-order valence-corrected chi connectivity index (χ0v) is 19.6. The molecule has 1 aromatic heterocycles. The van der Waals surface area contributed by atoms with Gasteiger partial charge in [-0.15, -0.1) is 0 Å². The van der Waals surface area contributed by atoms with Crippen molar-refractivity contribution in [3.63, 3.8) is 0 Å². The van der Waals surface area contributed by atoms with Crippen LogP contribution in [0.3, 0.4) is 0 Å². The van der Waals surface area contributed by atoms with Crippen molar-refractivity contribution in [3.05, 3.63) is 72.2 Å². The Labute approximate surface area is 195 Å². The molecule has 33 heavy (non-hydrogen) atoms. The van der Waals surface area contributed by atoms with Crippen LogP contribution in [0.2, 0.25) is 0 Å². The van der Waals surface area contributed by atoms with E-state index in [0.717, 1.165) is 36.9 Å². The minimum Gasteiger partial charge on any atom is -0.342 e. The van der Waals surface area contributed by atoms with E-state index in [0.29, 0.717) is 30.9 Å². The maximum absolute atomic E-state index is 13.0. The van der Waals surface area contributed by atoms with Gasteiger partial charge >= 0.3 is 0 Å². The number of amides is 1. The summed E-state index contributed by atoms with van der Waals surface area (Å²) in [6, 6.07) is 15.8. The van der Waals surface area contributed by atoms with E-state index in [1.54, 1.807) is 22.6 Å². The van der Waals surface area contributed by atoms with Gasteiger partial charge in [0, 0.05) is 18.7 Å². The van der Waals surface area contributed by atoms with Gasteiger partial charge < -0.3 is 10.3 Å². The topological polar surface area (TPSA) is 95.2 Å². The molecule has 1 amide bonds. The van der Waals surface area contributed by atoms with Gasteiger partial charge in [0.15, 0.2) is 0 Å². The largest absolute Gasteiger partial charge is 0.342 e. The number of benzene rings is 2. The Morgan fingerprint density at radius 1 is 1.03 bits per heavy atom. The number of hydrogen-bond acceptors (Lipinski definition) is 4. The van der Waals surface area contributed by atoms with Crippen LogP contribution < -0.4 is 5.32 Å². The summed E-state index contributed by atoms with van der Waals surface area (Å²) in [5.74, 6) is 0.420. The molecule has 0 radical (unpaired) electrons. The molecule has 0 aliphatic carbocycles. The monoisotopic (exact) mass is 466 g/mol. The number of hydrogen-bond donors (Lipinski definition) is 2. The molecule has 2 N–H and O–H groups in total. The third-order valence-electron chi connectivity index (χ3n) is 6.04. The molecule has 174 valence electrons. The molecule has 1 atom stereocenters. The fraction of sp³-hybridized carbons (Fsp3) is 0.360. The smallest absolute Gasteiger partial charge is 0.251 e. The SMILES string of the molecule is CCC(NC(=O)c1ccc(S(=O)(=O)N2CCCCCC2)cc1)c1ncc(-c2ccccc2)[nH]1. The van der Waals surface area contributed by atoms with Gasteiger partial charge in [0.2, 0.25) is 10.0 Å². The van der Waals surface area contributed by atoms with E-state index in [2.05, 4.69) is 15.3 Å². The molecule has 1 fully saturated rings. The van der Waals surface area contributed by atoms with Crippen molar-refractivity contribution >= 4 is 15.9 Å². The molecule has 0 spiro atoms. The first-order valence-corrected chi connectivity index (χ1v) is 12.9.